The summed E-state index contributed by atoms with van der Waals surface area (Å²) in [4.78, 5) is 5.14. The minimum atomic E-state index is -0.0457. The number of thiophene rings is 1. The van der Waals surface area contributed by atoms with Gasteiger partial charge in [0.2, 0.25) is 0 Å². The quantitative estimate of drug-likeness (QED) is 0.165. The second-order valence-corrected chi connectivity index (χ2v) is 21.5. The van der Waals surface area contributed by atoms with E-state index in [-0.39, 0.29) is 17.5 Å². The molecule has 0 radical (unpaired) electrons. The van der Waals surface area contributed by atoms with Crippen molar-refractivity contribution in [3.05, 3.63) is 173 Å². The fourth-order valence-electron chi connectivity index (χ4n) is 10.5. The number of benzene rings is 7. The third kappa shape index (κ3) is 6.25. The van der Waals surface area contributed by atoms with Crippen LogP contribution in [-0.2, 0) is 10.8 Å². The molecule has 65 heavy (non-hydrogen) atoms. The highest BCUT2D eigenvalue weighted by Crippen LogP contribution is 2.51. The molecule has 7 aromatic carbocycles. The van der Waals surface area contributed by atoms with E-state index < -0.39 is 0 Å². The maximum atomic E-state index is 6.61. The lowest BCUT2D eigenvalue weighted by atomic mass is 9.33. The number of rotatable bonds is 4. The largest absolute Gasteiger partial charge is 0.456 e. The number of hydrogen-bond acceptors (Lipinski definition) is 5. The van der Waals surface area contributed by atoms with Crippen LogP contribution in [-0.4, -0.2) is 6.71 Å². The van der Waals surface area contributed by atoms with E-state index in [2.05, 4.69) is 200 Å². The second-order valence-electron chi connectivity index (χ2n) is 20.4. The van der Waals surface area contributed by atoms with Gasteiger partial charge >= 0.3 is 0 Å². The van der Waals surface area contributed by atoms with Crippen LogP contribution < -0.4 is 26.2 Å². The highest BCUT2D eigenvalue weighted by atomic mass is 32.1. The average molecular weight is 863 g/mol. The molecule has 0 aliphatic carbocycles. The first-order chi connectivity index (χ1) is 31.2. The van der Waals surface area contributed by atoms with Crippen molar-refractivity contribution in [2.24, 2.45) is 0 Å². The first-order valence-corrected chi connectivity index (χ1v) is 23.7. The van der Waals surface area contributed by atoms with Gasteiger partial charge in [0.15, 0.2) is 0 Å². The van der Waals surface area contributed by atoms with Crippen molar-refractivity contribution < 1.29 is 8.83 Å². The molecule has 0 N–H and O–H groups in total. The predicted octanol–water partition coefficient (Wildman–Crippen LogP) is 15.3. The summed E-state index contributed by atoms with van der Waals surface area (Å²) < 4.78 is 14.3. The Morgan fingerprint density at radius 3 is 1.71 bits per heavy atom. The van der Waals surface area contributed by atoms with E-state index >= 15 is 0 Å². The van der Waals surface area contributed by atoms with E-state index in [1.54, 1.807) is 0 Å². The summed E-state index contributed by atoms with van der Waals surface area (Å²) >= 11 is 1.93. The standard InChI is InChI=1S/C59H51BN2O2S/c1-34-26-47-55-48(27-34)62(56-35(2)28-42(29-36(56)3)59(7,8)9)57-54(44-33-41(58(4,5)6)21-25-53(44)65-57)60(55)45-30-40(52-32-39-15-11-13-17-50(39)64-52)20-24-46(45)61(47)43-22-18-37(19-23-43)51-31-38-14-10-12-16-49(38)63-51/h10-33H,1-9H3. The van der Waals surface area contributed by atoms with E-state index in [0.29, 0.717) is 0 Å². The predicted molar refractivity (Wildman–Crippen MR) is 278 cm³/mol. The third-order valence-corrected chi connectivity index (χ3v) is 15.0. The number of nitrogens with zero attached hydrogens (tertiary/aromatic N) is 2. The van der Waals surface area contributed by atoms with Gasteiger partial charge in [-0.15, -0.1) is 11.3 Å². The summed E-state index contributed by atoms with van der Waals surface area (Å²) in [7, 11) is 0. The van der Waals surface area contributed by atoms with E-state index in [1.807, 2.05) is 29.5 Å². The number of fused-ring (bicyclic) bond motifs is 8. The maximum absolute atomic E-state index is 6.61. The van der Waals surface area contributed by atoms with Crippen molar-refractivity contribution in [1.82, 2.24) is 0 Å². The summed E-state index contributed by atoms with van der Waals surface area (Å²) in [6.45, 7) is 20.7. The Kier molecular flexibility index (Phi) is 8.65. The van der Waals surface area contributed by atoms with Gasteiger partial charge in [-0.3, -0.25) is 0 Å². The molecule has 12 rings (SSSR count). The monoisotopic (exact) mass is 862 g/mol. The highest BCUT2D eigenvalue weighted by molar-refractivity contribution is 7.26. The maximum Gasteiger partial charge on any atom is 0.254 e. The molecule has 6 heteroatoms. The van der Waals surface area contributed by atoms with E-state index in [4.69, 9.17) is 8.83 Å². The lowest BCUT2D eigenvalue weighted by Crippen LogP contribution is -2.61. The van der Waals surface area contributed by atoms with Crippen LogP contribution in [0.5, 0.6) is 0 Å². The van der Waals surface area contributed by atoms with Gasteiger partial charge in [-0.1, -0.05) is 108 Å². The zero-order chi connectivity index (χ0) is 44.7. The molecule has 0 atom stereocenters. The zero-order valence-electron chi connectivity index (χ0n) is 38.6. The van der Waals surface area contributed by atoms with Crippen LogP contribution >= 0.6 is 11.3 Å². The fraction of sp³-hybridized carbons (Fsp3) is 0.186. The Balaban J connectivity index is 1.15. The van der Waals surface area contributed by atoms with Gasteiger partial charge in [0.25, 0.3) is 6.71 Å². The van der Waals surface area contributed by atoms with Crippen LogP contribution in [0.25, 0.3) is 54.7 Å². The molecule has 5 heterocycles. The van der Waals surface area contributed by atoms with Crippen LogP contribution in [0, 0.1) is 20.8 Å². The van der Waals surface area contributed by atoms with Gasteiger partial charge in [0.1, 0.15) is 22.7 Å². The van der Waals surface area contributed by atoms with Crippen molar-refractivity contribution in [3.63, 3.8) is 0 Å². The van der Waals surface area contributed by atoms with Gasteiger partial charge in [-0.2, -0.15) is 0 Å². The molecular weight excluding hydrogens is 812 g/mol. The topological polar surface area (TPSA) is 32.8 Å². The van der Waals surface area contributed by atoms with Crippen molar-refractivity contribution >= 4 is 99.9 Å². The van der Waals surface area contributed by atoms with Gasteiger partial charge in [0.05, 0.1) is 10.7 Å². The van der Waals surface area contributed by atoms with E-state index in [1.165, 1.54) is 82.0 Å². The molecule has 0 saturated carbocycles. The smallest absolute Gasteiger partial charge is 0.254 e. The molecule has 3 aromatic heterocycles. The van der Waals surface area contributed by atoms with Crippen molar-refractivity contribution in [2.75, 3.05) is 9.80 Å². The van der Waals surface area contributed by atoms with Gasteiger partial charge in [0, 0.05) is 49.3 Å². The Hall–Kier alpha value is -6.76. The molecule has 10 aromatic rings. The molecule has 0 saturated heterocycles. The average Bonchev–Trinajstić information content (AvgIpc) is 4.01. The zero-order valence-corrected chi connectivity index (χ0v) is 39.4. The van der Waals surface area contributed by atoms with Crippen LogP contribution in [0.3, 0.4) is 0 Å². The molecule has 2 aliphatic rings. The van der Waals surface area contributed by atoms with Gasteiger partial charge in [-0.25, -0.2) is 0 Å². The molecule has 0 fully saturated rings. The SMILES string of the molecule is Cc1cc2c3c(c1)N(c1c(C)cc(C(C)(C)C)cc1C)c1sc4ccc(C(C)(C)C)cc4c1B3c1cc(-c3cc4ccccc4o3)ccc1N2c1ccc(-c2cc3ccccc3o2)cc1. The molecule has 2 aliphatic heterocycles. The number of anilines is 6. The summed E-state index contributed by atoms with van der Waals surface area (Å²) in [5, 5.41) is 4.83. The summed E-state index contributed by atoms with van der Waals surface area (Å²) in [6, 6.07) is 53.7. The van der Waals surface area contributed by atoms with Crippen LogP contribution in [0.2, 0.25) is 0 Å². The number of furan rings is 2. The van der Waals surface area contributed by atoms with Crippen molar-refractivity contribution in [3.8, 4) is 22.6 Å². The number of hydrogen-bond donors (Lipinski definition) is 0. The molecule has 318 valence electrons. The minimum Gasteiger partial charge on any atom is -0.456 e. The van der Waals surface area contributed by atoms with Gasteiger partial charge < -0.3 is 18.6 Å². The Bertz CT molecular complexity index is 3490. The fourth-order valence-corrected chi connectivity index (χ4v) is 11.8. The lowest BCUT2D eigenvalue weighted by molar-refractivity contribution is 0.589. The summed E-state index contributed by atoms with van der Waals surface area (Å²) in [5.41, 5.74) is 20.3. The summed E-state index contributed by atoms with van der Waals surface area (Å²) in [6.07, 6.45) is 0. The molecule has 0 bridgehead atoms. The summed E-state index contributed by atoms with van der Waals surface area (Å²) in [5.74, 6) is 1.74. The van der Waals surface area contributed by atoms with Crippen LogP contribution in [0.15, 0.2) is 154 Å². The Morgan fingerprint density at radius 2 is 1.09 bits per heavy atom. The third-order valence-electron chi connectivity index (χ3n) is 13.8. The lowest BCUT2D eigenvalue weighted by Gasteiger charge is -2.44. The van der Waals surface area contributed by atoms with E-state index in [0.717, 1.165) is 50.3 Å². The molecule has 0 unspecified atom stereocenters. The highest BCUT2D eigenvalue weighted by Gasteiger charge is 2.46. The van der Waals surface area contributed by atoms with E-state index in [9.17, 15) is 0 Å². The molecule has 0 spiro atoms. The van der Waals surface area contributed by atoms with Crippen molar-refractivity contribution in [1.29, 1.82) is 0 Å². The second kappa shape index (κ2) is 14.1. The number of aryl methyl sites for hydroxylation is 3. The first-order valence-electron chi connectivity index (χ1n) is 22.8. The molecular formula is C59H51BN2O2S. The first kappa shape index (κ1) is 39.8. The van der Waals surface area contributed by atoms with Gasteiger partial charge in [-0.05, 0) is 160 Å². The van der Waals surface area contributed by atoms with Crippen molar-refractivity contribution in [2.45, 2.75) is 73.1 Å². The Labute approximate surface area is 385 Å². The normalized spacial score (nSPS) is 13.5. The van der Waals surface area contributed by atoms with Crippen LogP contribution in [0.4, 0.5) is 33.4 Å². The Morgan fingerprint density at radius 1 is 0.508 bits per heavy atom. The van der Waals surface area contributed by atoms with Crippen LogP contribution in [0.1, 0.15) is 69.4 Å². The molecule has 4 nitrogen and oxygen atoms in total. The minimum absolute atomic E-state index is 0.0161. The molecule has 0 amide bonds. The number of para-hydroxylation sites is 2.